The van der Waals surface area contributed by atoms with Crippen molar-refractivity contribution in [2.24, 2.45) is 4.99 Å². The third-order valence-corrected chi connectivity index (χ3v) is 5.60. The van der Waals surface area contributed by atoms with Crippen LogP contribution in [0.4, 0.5) is 4.39 Å². The quantitative estimate of drug-likeness (QED) is 0.562. The molecule has 6 nitrogen and oxygen atoms in total. The molecule has 1 unspecified atom stereocenters. The van der Waals surface area contributed by atoms with Crippen LogP contribution in [0.15, 0.2) is 41.2 Å². The van der Waals surface area contributed by atoms with Gasteiger partial charge in [0, 0.05) is 32.1 Å². The summed E-state index contributed by atoms with van der Waals surface area (Å²) in [6.45, 7) is 18.9. The van der Waals surface area contributed by atoms with E-state index in [2.05, 4.69) is 39.5 Å². The number of hydroxylamine groups is 1. The Hall–Kier alpha value is -2.34. The molecule has 3 aliphatic heterocycles. The van der Waals surface area contributed by atoms with E-state index in [4.69, 9.17) is 9.94 Å². The summed E-state index contributed by atoms with van der Waals surface area (Å²) in [5.41, 5.74) is 8.15. The zero-order valence-corrected chi connectivity index (χ0v) is 21.3. The number of rotatable bonds is 3. The van der Waals surface area contributed by atoms with Crippen LogP contribution in [-0.2, 0) is 4.84 Å². The fourth-order valence-corrected chi connectivity index (χ4v) is 3.95. The minimum atomic E-state index is -0.560. The molecule has 0 spiro atoms. The lowest BCUT2D eigenvalue weighted by atomic mass is 10.0. The molecular weight excluding hydrogens is 419 g/mol. The lowest BCUT2D eigenvalue weighted by Gasteiger charge is -2.38. The Morgan fingerprint density at radius 2 is 1.88 bits per heavy atom. The molecule has 1 aromatic rings. The van der Waals surface area contributed by atoms with Crippen LogP contribution < -0.4 is 5.48 Å². The Morgan fingerprint density at radius 3 is 2.39 bits per heavy atom. The molecule has 3 heterocycles. The SMILES string of the molecule is C=C=C1CCCN1C1CCN(C2N=C(CC)NO2)CC1.CC.CC.Cc1ccc(O)c(F)c1. The van der Waals surface area contributed by atoms with Gasteiger partial charge < -0.3 is 10.0 Å². The van der Waals surface area contributed by atoms with E-state index in [-0.39, 0.29) is 12.1 Å². The van der Waals surface area contributed by atoms with E-state index in [1.165, 1.54) is 43.6 Å². The summed E-state index contributed by atoms with van der Waals surface area (Å²) in [5, 5.41) is 8.67. The summed E-state index contributed by atoms with van der Waals surface area (Å²) >= 11 is 0. The highest BCUT2D eigenvalue weighted by Gasteiger charge is 2.32. The Balaban J connectivity index is 0.000000352. The van der Waals surface area contributed by atoms with Crippen molar-refractivity contribution < 1.29 is 14.3 Å². The Labute approximate surface area is 199 Å². The molecule has 2 fully saturated rings. The van der Waals surface area contributed by atoms with Crippen molar-refractivity contribution in [3.8, 4) is 5.75 Å². The normalized spacial score (nSPS) is 20.2. The van der Waals surface area contributed by atoms with Crippen molar-refractivity contribution in [2.75, 3.05) is 19.6 Å². The van der Waals surface area contributed by atoms with E-state index in [1.54, 1.807) is 13.0 Å². The first-order valence-corrected chi connectivity index (χ1v) is 12.3. The molecule has 7 heteroatoms. The minimum Gasteiger partial charge on any atom is -0.505 e. The zero-order valence-electron chi connectivity index (χ0n) is 21.3. The third-order valence-electron chi connectivity index (χ3n) is 5.60. The molecule has 0 amide bonds. The summed E-state index contributed by atoms with van der Waals surface area (Å²) in [5.74, 6) is 0.101. The van der Waals surface area contributed by atoms with Gasteiger partial charge in [-0.1, -0.05) is 47.3 Å². The maximum atomic E-state index is 12.3. The number of amidine groups is 1. The van der Waals surface area contributed by atoms with Crippen molar-refractivity contribution in [1.29, 1.82) is 0 Å². The van der Waals surface area contributed by atoms with Crippen LogP contribution in [-0.4, -0.2) is 52.8 Å². The molecule has 1 aromatic carbocycles. The lowest BCUT2D eigenvalue weighted by Crippen LogP contribution is -2.47. The molecule has 0 saturated carbocycles. The van der Waals surface area contributed by atoms with Crippen molar-refractivity contribution in [2.45, 2.75) is 86.0 Å². The van der Waals surface area contributed by atoms with Gasteiger partial charge in [0.15, 0.2) is 11.6 Å². The van der Waals surface area contributed by atoms with Crippen LogP contribution in [0.2, 0.25) is 0 Å². The topological polar surface area (TPSA) is 60.3 Å². The van der Waals surface area contributed by atoms with Gasteiger partial charge in [-0.2, -0.15) is 0 Å². The first kappa shape index (κ1) is 28.7. The van der Waals surface area contributed by atoms with Gasteiger partial charge in [0.2, 0.25) is 6.35 Å². The van der Waals surface area contributed by atoms with Gasteiger partial charge in [-0.05, 0) is 50.3 Å². The van der Waals surface area contributed by atoms with Gasteiger partial charge in [0.25, 0.3) is 0 Å². The maximum absolute atomic E-state index is 12.3. The first-order valence-electron chi connectivity index (χ1n) is 12.3. The molecule has 1 atom stereocenters. The summed E-state index contributed by atoms with van der Waals surface area (Å²) in [4.78, 5) is 14.9. The summed E-state index contributed by atoms with van der Waals surface area (Å²) in [7, 11) is 0. The number of hydrogen-bond acceptors (Lipinski definition) is 6. The molecule has 3 aliphatic rings. The van der Waals surface area contributed by atoms with E-state index in [0.717, 1.165) is 37.3 Å². The fraction of sp³-hybridized carbons (Fsp3) is 0.615. The number of nitrogens with one attached hydrogen (secondary N) is 1. The molecule has 0 radical (unpaired) electrons. The predicted molar refractivity (Wildman–Crippen MR) is 134 cm³/mol. The fourth-order valence-electron chi connectivity index (χ4n) is 3.95. The minimum absolute atomic E-state index is 0.126. The smallest absolute Gasteiger partial charge is 0.233 e. The number of aromatic hydroxyl groups is 1. The molecule has 186 valence electrons. The van der Waals surface area contributed by atoms with Crippen molar-refractivity contribution in [1.82, 2.24) is 15.3 Å². The molecule has 2 saturated heterocycles. The largest absolute Gasteiger partial charge is 0.505 e. The molecule has 0 aliphatic carbocycles. The molecule has 4 rings (SSSR count). The number of piperidine rings is 1. The average molecular weight is 463 g/mol. The van der Waals surface area contributed by atoms with E-state index in [1.807, 2.05) is 27.7 Å². The summed E-state index contributed by atoms with van der Waals surface area (Å²) < 4.78 is 12.3. The molecule has 2 N–H and O–H groups in total. The van der Waals surface area contributed by atoms with E-state index >= 15 is 0 Å². The lowest BCUT2D eigenvalue weighted by molar-refractivity contribution is -0.0781. The van der Waals surface area contributed by atoms with Gasteiger partial charge in [-0.15, -0.1) is 5.73 Å². The Bertz CT molecular complexity index is 784. The molecule has 33 heavy (non-hydrogen) atoms. The Morgan fingerprint density at radius 1 is 1.21 bits per heavy atom. The van der Waals surface area contributed by atoms with Crippen molar-refractivity contribution >= 4 is 5.84 Å². The number of aryl methyl sites for hydroxylation is 1. The predicted octanol–water partition coefficient (Wildman–Crippen LogP) is 5.73. The number of phenolic OH excluding ortho intramolecular Hbond substituents is 1. The number of likely N-dealkylation sites (tertiary alicyclic amines) is 2. The third kappa shape index (κ3) is 8.50. The van der Waals surface area contributed by atoms with Crippen LogP contribution >= 0.6 is 0 Å². The van der Waals surface area contributed by atoms with Crippen molar-refractivity contribution in [3.63, 3.8) is 0 Å². The number of allylic oxidation sites excluding steroid dienone is 1. The van der Waals surface area contributed by atoms with Crippen molar-refractivity contribution in [3.05, 3.63) is 47.6 Å². The van der Waals surface area contributed by atoms with Gasteiger partial charge in [-0.3, -0.25) is 4.90 Å². The summed E-state index contributed by atoms with van der Waals surface area (Å²) in [6, 6.07) is 4.92. The maximum Gasteiger partial charge on any atom is 0.233 e. The van der Waals surface area contributed by atoms with E-state index in [0.29, 0.717) is 6.04 Å². The highest BCUT2D eigenvalue weighted by atomic mass is 19.1. The summed E-state index contributed by atoms with van der Waals surface area (Å²) in [6.07, 6.45) is 5.50. The first-order chi connectivity index (χ1) is 16.0. The number of aliphatic imine (C=N–C) groups is 1. The Kier molecular flexibility index (Phi) is 13.5. The highest BCUT2D eigenvalue weighted by Crippen LogP contribution is 2.28. The number of benzene rings is 1. The molecule has 0 bridgehead atoms. The van der Waals surface area contributed by atoms with Gasteiger partial charge in [0.1, 0.15) is 5.84 Å². The van der Waals surface area contributed by atoms with Crippen LogP contribution in [0.25, 0.3) is 0 Å². The van der Waals surface area contributed by atoms with Gasteiger partial charge in [0.05, 0.1) is 5.70 Å². The second-order valence-corrected chi connectivity index (χ2v) is 7.62. The van der Waals surface area contributed by atoms with Crippen LogP contribution in [0.3, 0.4) is 0 Å². The standard InChI is InChI=1S/C15H24N4O.C7H7FO.2C2H6/c1-3-12-6-5-9-19(12)13-7-10-18(11-8-13)15-16-14(4-2)17-20-15;1-5-2-3-7(9)6(8)4-5;2*1-2/h13,15H,1,4-11H2,2H3,(H,16,17);2-4,9H,1H3;2*1-2H3. The van der Waals surface area contributed by atoms with Crippen LogP contribution in [0.5, 0.6) is 5.75 Å². The second-order valence-electron chi connectivity index (χ2n) is 7.62. The number of nitrogens with zero attached hydrogens (tertiary/aromatic N) is 3. The van der Waals surface area contributed by atoms with Crippen LogP contribution in [0, 0.1) is 12.7 Å². The number of phenols is 1. The van der Waals surface area contributed by atoms with Crippen LogP contribution in [0.1, 0.15) is 72.3 Å². The molecule has 0 aromatic heterocycles. The van der Waals surface area contributed by atoms with E-state index in [9.17, 15) is 4.39 Å². The molecular formula is C26H43FN4O2. The second kappa shape index (κ2) is 15.5. The zero-order chi connectivity index (χ0) is 24.8. The average Bonchev–Trinajstić information content (AvgIpc) is 3.54. The van der Waals surface area contributed by atoms with Gasteiger partial charge >= 0.3 is 0 Å². The number of halogens is 1. The monoisotopic (exact) mass is 462 g/mol. The highest BCUT2D eigenvalue weighted by molar-refractivity contribution is 5.81. The number of hydrogen-bond donors (Lipinski definition) is 2. The van der Waals surface area contributed by atoms with E-state index < -0.39 is 5.82 Å². The van der Waals surface area contributed by atoms with Gasteiger partial charge in [-0.25, -0.2) is 19.7 Å².